The first kappa shape index (κ1) is 11.1. The predicted molar refractivity (Wildman–Crippen MR) is 81.4 cm³/mol. The fourth-order valence-corrected chi connectivity index (χ4v) is 2.51. The van der Waals surface area contributed by atoms with Crippen molar-refractivity contribution in [2.24, 2.45) is 0 Å². The SMILES string of the molecule is c1cc(-c2cc3ccccc3[nH]2)cc(-c2ccco2)c1. The van der Waals surface area contributed by atoms with E-state index in [0.29, 0.717) is 0 Å². The van der Waals surface area contributed by atoms with Crippen molar-refractivity contribution in [3.05, 3.63) is 73.0 Å². The Hall–Kier alpha value is -2.74. The molecule has 20 heavy (non-hydrogen) atoms. The Bertz CT molecular complexity index is 823. The summed E-state index contributed by atoms with van der Waals surface area (Å²) in [5, 5.41) is 1.23. The lowest BCUT2D eigenvalue weighted by Crippen LogP contribution is -1.79. The number of hydrogen-bond donors (Lipinski definition) is 1. The molecule has 0 saturated heterocycles. The summed E-state index contributed by atoms with van der Waals surface area (Å²) in [7, 11) is 0. The fourth-order valence-electron chi connectivity index (χ4n) is 2.51. The van der Waals surface area contributed by atoms with E-state index in [0.717, 1.165) is 28.1 Å². The van der Waals surface area contributed by atoms with Gasteiger partial charge in [-0.05, 0) is 35.9 Å². The average Bonchev–Trinajstić information content (AvgIpc) is 3.16. The average molecular weight is 259 g/mol. The van der Waals surface area contributed by atoms with Crippen molar-refractivity contribution < 1.29 is 4.42 Å². The molecule has 0 aliphatic heterocycles. The first-order valence-corrected chi connectivity index (χ1v) is 6.62. The largest absolute Gasteiger partial charge is 0.464 e. The van der Waals surface area contributed by atoms with Gasteiger partial charge in [-0.2, -0.15) is 0 Å². The number of rotatable bonds is 2. The molecule has 0 aliphatic rings. The molecule has 0 fully saturated rings. The quantitative estimate of drug-likeness (QED) is 0.533. The molecule has 0 atom stereocenters. The van der Waals surface area contributed by atoms with E-state index >= 15 is 0 Å². The van der Waals surface area contributed by atoms with E-state index < -0.39 is 0 Å². The Labute approximate surface area is 116 Å². The van der Waals surface area contributed by atoms with Gasteiger partial charge >= 0.3 is 0 Å². The maximum Gasteiger partial charge on any atom is 0.133 e. The third kappa shape index (κ3) is 1.82. The van der Waals surface area contributed by atoms with Gasteiger partial charge in [-0.3, -0.25) is 0 Å². The van der Waals surface area contributed by atoms with Crippen molar-refractivity contribution in [2.45, 2.75) is 0 Å². The van der Waals surface area contributed by atoms with E-state index in [1.165, 1.54) is 5.39 Å². The minimum Gasteiger partial charge on any atom is -0.464 e. The van der Waals surface area contributed by atoms with Gasteiger partial charge in [0.1, 0.15) is 5.76 Å². The molecule has 0 amide bonds. The van der Waals surface area contributed by atoms with Gasteiger partial charge in [-0.25, -0.2) is 0 Å². The standard InChI is InChI=1S/C18H13NO/c1-2-8-16-14(5-1)12-17(19-16)13-6-3-7-15(11-13)18-9-4-10-20-18/h1-12,19H. The summed E-state index contributed by atoms with van der Waals surface area (Å²) < 4.78 is 5.46. The molecular weight excluding hydrogens is 246 g/mol. The van der Waals surface area contributed by atoms with Crippen molar-refractivity contribution >= 4 is 10.9 Å². The van der Waals surface area contributed by atoms with Crippen LogP contribution in [-0.4, -0.2) is 4.98 Å². The molecule has 4 aromatic rings. The zero-order valence-electron chi connectivity index (χ0n) is 10.8. The van der Waals surface area contributed by atoms with Crippen LogP contribution < -0.4 is 0 Å². The molecular formula is C18H13NO. The molecule has 96 valence electrons. The van der Waals surface area contributed by atoms with Gasteiger partial charge in [-0.1, -0.05) is 36.4 Å². The summed E-state index contributed by atoms with van der Waals surface area (Å²) in [4.78, 5) is 3.45. The van der Waals surface area contributed by atoms with Crippen molar-refractivity contribution in [1.29, 1.82) is 0 Å². The van der Waals surface area contributed by atoms with Gasteiger partial charge in [0.05, 0.1) is 6.26 Å². The minimum absolute atomic E-state index is 0.892. The van der Waals surface area contributed by atoms with Crippen LogP contribution in [0.5, 0.6) is 0 Å². The third-order valence-corrected chi connectivity index (χ3v) is 3.51. The number of para-hydroxylation sites is 1. The van der Waals surface area contributed by atoms with Crippen LogP contribution in [0.4, 0.5) is 0 Å². The molecule has 0 unspecified atom stereocenters. The van der Waals surface area contributed by atoms with Gasteiger partial charge in [0.2, 0.25) is 0 Å². The second kappa shape index (κ2) is 4.42. The molecule has 0 bridgehead atoms. The van der Waals surface area contributed by atoms with E-state index in [2.05, 4.69) is 53.5 Å². The van der Waals surface area contributed by atoms with Gasteiger partial charge in [0, 0.05) is 22.2 Å². The zero-order valence-corrected chi connectivity index (χ0v) is 10.8. The molecule has 0 radical (unpaired) electrons. The predicted octanol–water partition coefficient (Wildman–Crippen LogP) is 5.09. The smallest absolute Gasteiger partial charge is 0.133 e. The van der Waals surface area contributed by atoms with Gasteiger partial charge in [-0.15, -0.1) is 0 Å². The highest BCUT2D eigenvalue weighted by Gasteiger charge is 2.06. The van der Waals surface area contributed by atoms with Crippen LogP contribution in [0, 0.1) is 0 Å². The topological polar surface area (TPSA) is 28.9 Å². The molecule has 2 aromatic heterocycles. The highest BCUT2D eigenvalue weighted by atomic mass is 16.3. The molecule has 2 heterocycles. The maximum absolute atomic E-state index is 5.46. The Kier molecular flexibility index (Phi) is 2.46. The Morgan fingerprint density at radius 3 is 2.50 bits per heavy atom. The molecule has 1 N–H and O–H groups in total. The normalized spacial score (nSPS) is 11.0. The molecule has 2 nitrogen and oxygen atoms in total. The molecule has 0 spiro atoms. The summed E-state index contributed by atoms with van der Waals surface area (Å²) in [5.74, 6) is 0.892. The number of hydrogen-bond acceptors (Lipinski definition) is 1. The summed E-state index contributed by atoms with van der Waals surface area (Å²) in [5.41, 5.74) is 4.53. The van der Waals surface area contributed by atoms with E-state index in [-0.39, 0.29) is 0 Å². The van der Waals surface area contributed by atoms with E-state index in [9.17, 15) is 0 Å². The van der Waals surface area contributed by atoms with Crippen LogP contribution in [-0.2, 0) is 0 Å². The van der Waals surface area contributed by atoms with Crippen molar-refractivity contribution in [3.63, 3.8) is 0 Å². The number of aromatic amines is 1. The Morgan fingerprint density at radius 2 is 1.65 bits per heavy atom. The minimum atomic E-state index is 0.892. The first-order valence-electron chi connectivity index (χ1n) is 6.62. The number of aromatic nitrogens is 1. The van der Waals surface area contributed by atoms with Crippen molar-refractivity contribution in [2.75, 3.05) is 0 Å². The van der Waals surface area contributed by atoms with Gasteiger partial charge in [0.25, 0.3) is 0 Å². The molecule has 4 rings (SSSR count). The monoisotopic (exact) mass is 259 g/mol. The van der Waals surface area contributed by atoms with Crippen molar-refractivity contribution in [1.82, 2.24) is 4.98 Å². The summed E-state index contributed by atoms with van der Waals surface area (Å²) in [6.45, 7) is 0. The highest BCUT2D eigenvalue weighted by Crippen LogP contribution is 2.28. The van der Waals surface area contributed by atoms with Crippen LogP contribution >= 0.6 is 0 Å². The highest BCUT2D eigenvalue weighted by molar-refractivity contribution is 5.86. The molecule has 2 heteroatoms. The number of benzene rings is 2. The molecule has 0 saturated carbocycles. The number of furan rings is 1. The molecule has 2 aromatic carbocycles. The van der Waals surface area contributed by atoms with E-state index in [4.69, 9.17) is 4.42 Å². The van der Waals surface area contributed by atoms with Crippen molar-refractivity contribution in [3.8, 4) is 22.6 Å². The van der Waals surface area contributed by atoms with E-state index in [1.807, 2.05) is 18.2 Å². The lowest BCUT2D eigenvalue weighted by atomic mass is 10.1. The maximum atomic E-state index is 5.46. The second-order valence-corrected chi connectivity index (χ2v) is 4.83. The van der Waals surface area contributed by atoms with E-state index in [1.54, 1.807) is 6.26 Å². The summed E-state index contributed by atoms with van der Waals surface area (Å²) >= 11 is 0. The van der Waals surface area contributed by atoms with Crippen LogP contribution in [0.15, 0.2) is 77.4 Å². The van der Waals surface area contributed by atoms with Crippen LogP contribution in [0.3, 0.4) is 0 Å². The first-order chi connectivity index (χ1) is 9.90. The zero-order chi connectivity index (χ0) is 13.4. The number of fused-ring (bicyclic) bond motifs is 1. The lowest BCUT2D eigenvalue weighted by Gasteiger charge is -2.01. The second-order valence-electron chi connectivity index (χ2n) is 4.83. The van der Waals surface area contributed by atoms with Crippen LogP contribution in [0.1, 0.15) is 0 Å². The van der Waals surface area contributed by atoms with Crippen LogP contribution in [0.25, 0.3) is 33.5 Å². The Balaban J connectivity index is 1.84. The third-order valence-electron chi connectivity index (χ3n) is 3.51. The molecule has 0 aliphatic carbocycles. The summed E-state index contributed by atoms with van der Waals surface area (Å²) in [6.07, 6.45) is 1.70. The van der Waals surface area contributed by atoms with Crippen LogP contribution in [0.2, 0.25) is 0 Å². The summed E-state index contributed by atoms with van der Waals surface area (Å²) in [6, 6.07) is 22.7. The van der Waals surface area contributed by atoms with Gasteiger partial charge < -0.3 is 9.40 Å². The number of H-pyrrole nitrogens is 1. The lowest BCUT2D eigenvalue weighted by molar-refractivity contribution is 0.582. The fraction of sp³-hybridized carbons (Fsp3) is 0. The number of nitrogens with one attached hydrogen (secondary N) is 1. The van der Waals surface area contributed by atoms with Gasteiger partial charge in [0.15, 0.2) is 0 Å². The Morgan fingerprint density at radius 1 is 0.750 bits per heavy atom.